The van der Waals surface area contributed by atoms with E-state index in [-0.39, 0.29) is 11.9 Å². The van der Waals surface area contributed by atoms with Crippen molar-refractivity contribution in [3.8, 4) is 0 Å². The number of hydrogen-bond acceptors (Lipinski definition) is 5. The molecule has 2 aliphatic rings. The maximum atomic E-state index is 13.0. The number of carbonyl (C=O) groups is 2. The van der Waals surface area contributed by atoms with Crippen molar-refractivity contribution in [2.24, 2.45) is 17.8 Å². The third-order valence-electron chi connectivity index (χ3n) is 8.90. The molecule has 7 nitrogen and oxygen atoms in total. The molecular weight excluding hydrogens is 488 g/mol. The predicted molar refractivity (Wildman–Crippen MR) is 152 cm³/mol. The fraction of sp³-hybridized carbons (Fsp3) is 0.562. The fourth-order valence-corrected chi connectivity index (χ4v) is 6.31. The van der Waals surface area contributed by atoms with Gasteiger partial charge in [-0.25, -0.2) is 0 Å². The summed E-state index contributed by atoms with van der Waals surface area (Å²) in [6.07, 6.45) is 9.88. The summed E-state index contributed by atoms with van der Waals surface area (Å²) >= 11 is 0. The Labute approximate surface area is 231 Å². The highest BCUT2D eigenvalue weighted by atomic mass is 16.5. The van der Waals surface area contributed by atoms with Crippen LogP contribution in [0.25, 0.3) is 11.0 Å². The van der Waals surface area contributed by atoms with Crippen molar-refractivity contribution in [3.63, 3.8) is 0 Å². The lowest BCUT2D eigenvalue weighted by Crippen LogP contribution is -2.39. The highest BCUT2D eigenvalue weighted by Crippen LogP contribution is 2.37. The Morgan fingerprint density at radius 1 is 0.897 bits per heavy atom. The average Bonchev–Trinajstić information content (AvgIpc) is 3.44. The van der Waals surface area contributed by atoms with Gasteiger partial charge in [0.15, 0.2) is 0 Å². The molecule has 5 rings (SSSR count). The van der Waals surface area contributed by atoms with Gasteiger partial charge < -0.3 is 9.64 Å². The lowest BCUT2D eigenvalue weighted by molar-refractivity contribution is -0.145. The van der Waals surface area contributed by atoms with Gasteiger partial charge in [0.2, 0.25) is 0 Å². The van der Waals surface area contributed by atoms with Crippen LogP contribution in [-0.2, 0) is 16.1 Å². The summed E-state index contributed by atoms with van der Waals surface area (Å²) in [6.45, 7) is 6.39. The third kappa shape index (κ3) is 7.25. The Hall–Kier alpha value is -3.22. The topological polar surface area (TPSA) is 88.2 Å². The van der Waals surface area contributed by atoms with E-state index in [4.69, 9.17) is 4.74 Å². The van der Waals surface area contributed by atoms with Crippen molar-refractivity contribution < 1.29 is 14.3 Å². The second-order valence-electron chi connectivity index (χ2n) is 12.0. The smallest absolute Gasteiger partial charge is 0.306 e. The number of aromatic nitrogens is 3. The molecule has 2 fully saturated rings. The summed E-state index contributed by atoms with van der Waals surface area (Å²) in [5, 5.41) is 10.8. The SMILES string of the molecule is CC(C)c1ccc(COC(=O)CCC2CCC(CC3CCN(C(=O)c4ccc5n[nH]nc5c4)CC3)CC2)cc1. The Kier molecular flexibility index (Phi) is 8.95. The van der Waals surface area contributed by atoms with Crippen LogP contribution < -0.4 is 0 Å². The summed E-state index contributed by atoms with van der Waals surface area (Å²) in [7, 11) is 0. The van der Waals surface area contributed by atoms with Gasteiger partial charge in [-0.05, 0) is 78.7 Å². The summed E-state index contributed by atoms with van der Waals surface area (Å²) in [5.41, 5.74) is 4.56. The number of benzene rings is 2. The predicted octanol–water partition coefficient (Wildman–Crippen LogP) is 6.65. The number of nitrogens with zero attached hydrogens (tertiary/aromatic N) is 3. The number of aromatic amines is 1. The standard InChI is InChI=1S/C32H42N4O3/c1-22(2)27-10-7-26(8-11-27)21-39-31(37)14-9-23-3-5-24(6-4-23)19-25-15-17-36(18-16-25)32(38)28-12-13-29-30(20-28)34-35-33-29/h7-8,10-13,20,22-25H,3-6,9,14-19,21H2,1-2H3,(H,33,34,35). The van der Waals surface area contributed by atoms with Gasteiger partial charge in [0.1, 0.15) is 17.6 Å². The Morgan fingerprint density at radius 2 is 1.56 bits per heavy atom. The van der Waals surface area contributed by atoms with E-state index < -0.39 is 0 Å². The summed E-state index contributed by atoms with van der Waals surface area (Å²) in [4.78, 5) is 27.3. The zero-order valence-electron chi connectivity index (χ0n) is 23.4. The number of H-pyrrole nitrogens is 1. The number of rotatable bonds is 9. The molecule has 1 aliphatic heterocycles. The summed E-state index contributed by atoms with van der Waals surface area (Å²) < 4.78 is 5.54. The fourth-order valence-electron chi connectivity index (χ4n) is 6.31. The largest absolute Gasteiger partial charge is 0.461 e. The van der Waals surface area contributed by atoms with Crippen molar-refractivity contribution in [3.05, 3.63) is 59.2 Å². The van der Waals surface area contributed by atoms with Gasteiger partial charge >= 0.3 is 5.97 Å². The Bertz CT molecular complexity index is 1240. The lowest BCUT2D eigenvalue weighted by Gasteiger charge is -2.35. The van der Waals surface area contributed by atoms with Gasteiger partial charge in [-0.3, -0.25) is 9.59 Å². The molecule has 1 N–H and O–H groups in total. The minimum atomic E-state index is -0.0766. The van der Waals surface area contributed by atoms with E-state index in [1.165, 1.54) is 37.7 Å². The maximum Gasteiger partial charge on any atom is 0.306 e. The molecule has 0 unspecified atom stereocenters. The third-order valence-corrected chi connectivity index (χ3v) is 8.90. The first kappa shape index (κ1) is 27.4. The number of nitrogens with one attached hydrogen (secondary N) is 1. The first-order chi connectivity index (χ1) is 18.9. The molecule has 1 amide bonds. The van der Waals surface area contributed by atoms with Gasteiger partial charge in [0.25, 0.3) is 5.91 Å². The summed E-state index contributed by atoms with van der Waals surface area (Å²) in [5.74, 6) is 2.66. The van der Waals surface area contributed by atoms with Crippen molar-refractivity contribution in [1.29, 1.82) is 0 Å². The molecule has 39 heavy (non-hydrogen) atoms. The molecule has 0 atom stereocenters. The number of fused-ring (bicyclic) bond motifs is 1. The van der Waals surface area contributed by atoms with Crippen LogP contribution in [0.2, 0.25) is 0 Å². The zero-order chi connectivity index (χ0) is 27.2. The number of hydrogen-bond donors (Lipinski definition) is 1. The van der Waals surface area contributed by atoms with Gasteiger partial charge in [0, 0.05) is 25.1 Å². The number of amides is 1. The van der Waals surface area contributed by atoms with E-state index in [2.05, 4.69) is 53.5 Å². The molecule has 2 aromatic carbocycles. The van der Waals surface area contributed by atoms with Gasteiger partial charge in [-0.15, -0.1) is 0 Å². The molecule has 0 bridgehead atoms. The Balaban J connectivity index is 0.964. The van der Waals surface area contributed by atoms with Gasteiger partial charge in [0.05, 0.1) is 0 Å². The van der Waals surface area contributed by atoms with E-state index in [9.17, 15) is 9.59 Å². The van der Waals surface area contributed by atoms with Crippen LogP contribution in [0, 0.1) is 17.8 Å². The van der Waals surface area contributed by atoms with E-state index in [0.29, 0.717) is 36.3 Å². The quantitative estimate of drug-likeness (QED) is 0.313. The highest BCUT2D eigenvalue weighted by Gasteiger charge is 2.28. The Morgan fingerprint density at radius 3 is 2.28 bits per heavy atom. The van der Waals surface area contributed by atoms with Crippen LogP contribution in [-0.4, -0.2) is 45.3 Å². The second kappa shape index (κ2) is 12.8. The molecule has 1 saturated heterocycles. The number of carbonyl (C=O) groups excluding carboxylic acids is 2. The monoisotopic (exact) mass is 530 g/mol. The normalized spacial score (nSPS) is 20.4. The lowest BCUT2D eigenvalue weighted by atomic mass is 9.75. The van der Waals surface area contributed by atoms with Crippen LogP contribution in [0.4, 0.5) is 0 Å². The molecule has 0 spiro atoms. The second-order valence-corrected chi connectivity index (χ2v) is 12.0. The zero-order valence-corrected chi connectivity index (χ0v) is 23.4. The van der Waals surface area contributed by atoms with Crippen molar-refractivity contribution in [2.45, 2.75) is 84.2 Å². The van der Waals surface area contributed by atoms with Crippen LogP contribution in [0.15, 0.2) is 42.5 Å². The van der Waals surface area contributed by atoms with Crippen LogP contribution in [0.5, 0.6) is 0 Å². The van der Waals surface area contributed by atoms with Crippen molar-refractivity contribution in [1.82, 2.24) is 20.3 Å². The van der Waals surface area contributed by atoms with Crippen molar-refractivity contribution in [2.75, 3.05) is 13.1 Å². The molecular formula is C32H42N4O3. The van der Waals surface area contributed by atoms with Crippen LogP contribution >= 0.6 is 0 Å². The minimum Gasteiger partial charge on any atom is -0.461 e. The van der Waals surface area contributed by atoms with E-state index >= 15 is 0 Å². The number of piperidine rings is 1. The summed E-state index contributed by atoms with van der Waals surface area (Å²) in [6, 6.07) is 13.9. The maximum absolute atomic E-state index is 13.0. The van der Waals surface area contributed by atoms with E-state index in [0.717, 1.165) is 54.9 Å². The molecule has 7 heteroatoms. The molecule has 208 valence electrons. The van der Waals surface area contributed by atoms with Crippen LogP contribution in [0.1, 0.15) is 99.0 Å². The number of esters is 1. The molecule has 1 aliphatic carbocycles. The first-order valence-electron chi connectivity index (χ1n) is 14.8. The van der Waals surface area contributed by atoms with Crippen LogP contribution in [0.3, 0.4) is 0 Å². The number of ether oxygens (including phenoxy) is 1. The molecule has 0 radical (unpaired) electrons. The van der Waals surface area contributed by atoms with E-state index in [1.807, 2.05) is 23.1 Å². The van der Waals surface area contributed by atoms with Gasteiger partial charge in [-0.1, -0.05) is 63.8 Å². The first-order valence-corrected chi connectivity index (χ1v) is 14.8. The number of likely N-dealkylation sites (tertiary alicyclic amines) is 1. The molecule has 1 saturated carbocycles. The van der Waals surface area contributed by atoms with E-state index in [1.54, 1.807) is 0 Å². The highest BCUT2D eigenvalue weighted by molar-refractivity contribution is 5.97. The van der Waals surface area contributed by atoms with Crippen molar-refractivity contribution >= 4 is 22.9 Å². The minimum absolute atomic E-state index is 0.0766. The average molecular weight is 531 g/mol. The molecule has 3 aromatic rings. The molecule has 2 heterocycles. The van der Waals surface area contributed by atoms with Gasteiger partial charge in [-0.2, -0.15) is 15.4 Å². The molecule has 1 aromatic heterocycles.